The molecule has 2 rings (SSSR count). The molecular formula is C16H20N2O2S. The van der Waals surface area contributed by atoms with E-state index >= 15 is 0 Å². The molecule has 2 aromatic rings. The molecule has 2 aromatic carbocycles. The number of sulfonamides is 1. The quantitative estimate of drug-likeness (QED) is 0.805. The summed E-state index contributed by atoms with van der Waals surface area (Å²) < 4.78 is 26.9. The Labute approximate surface area is 126 Å². The van der Waals surface area contributed by atoms with Crippen LogP contribution < -0.4 is 10.5 Å². The van der Waals surface area contributed by atoms with Crippen LogP contribution in [0, 0.1) is 0 Å². The topological polar surface area (TPSA) is 72.2 Å². The lowest BCUT2D eigenvalue weighted by Gasteiger charge is -2.14. The SMILES string of the molecule is CC(CNS(=O)(=O)Cc1ccccc1N)c1ccccc1. The molecule has 0 spiro atoms. The fraction of sp³-hybridized carbons (Fsp3) is 0.250. The van der Waals surface area contributed by atoms with Crippen LogP contribution in [0.15, 0.2) is 54.6 Å². The Morgan fingerprint density at radius 3 is 2.33 bits per heavy atom. The van der Waals surface area contributed by atoms with E-state index < -0.39 is 10.0 Å². The van der Waals surface area contributed by atoms with E-state index in [0.717, 1.165) is 5.56 Å². The van der Waals surface area contributed by atoms with Crippen molar-refractivity contribution in [1.29, 1.82) is 0 Å². The van der Waals surface area contributed by atoms with Crippen molar-refractivity contribution in [1.82, 2.24) is 4.72 Å². The van der Waals surface area contributed by atoms with Gasteiger partial charge in [-0.1, -0.05) is 55.5 Å². The lowest BCUT2D eigenvalue weighted by atomic mass is 10.0. The Morgan fingerprint density at radius 2 is 1.67 bits per heavy atom. The molecule has 0 saturated carbocycles. The van der Waals surface area contributed by atoms with Gasteiger partial charge in [-0.05, 0) is 23.1 Å². The molecule has 3 N–H and O–H groups in total. The molecule has 0 bridgehead atoms. The Kier molecular flexibility index (Phi) is 4.98. The van der Waals surface area contributed by atoms with E-state index in [-0.39, 0.29) is 11.7 Å². The summed E-state index contributed by atoms with van der Waals surface area (Å²) in [4.78, 5) is 0. The van der Waals surface area contributed by atoms with Crippen molar-refractivity contribution < 1.29 is 8.42 Å². The van der Waals surface area contributed by atoms with Gasteiger partial charge in [0.2, 0.25) is 10.0 Å². The van der Waals surface area contributed by atoms with Gasteiger partial charge in [0.15, 0.2) is 0 Å². The number of hydrogen-bond acceptors (Lipinski definition) is 3. The molecule has 112 valence electrons. The molecule has 0 fully saturated rings. The number of anilines is 1. The number of nitrogens with one attached hydrogen (secondary N) is 1. The van der Waals surface area contributed by atoms with Crippen molar-refractivity contribution in [3.05, 3.63) is 65.7 Å². The molecule has 0 heterocycles. The Hall–Kier alpha value is -1.85. The summed E-state index contributed by atoms with van der Waals surface area (Å²) in [6.07, 6.45) is 0. The maximum atomic E-state index is 12.1. The van der Waals surface area contributed by atoms with Crippen LogP contribution in [0.3, 0.4) is 0 Å². The van der Waals surface area contributed by atoms with Crippen molar-refractivity contribution in [3.63, 3.8) is 0 Å². The maximum Gasteiger partial charge on any atom is 0.215 e. The van der Waals surface area contributed by atoms with Crippen molar-refractivity contribution in [2.24, 2.45) is 0 Å². The van der Waals surface area contributed by atoms with E-state index in [9.17, 15) is 8.42 Å². The van der Waals surface area contributed by atoms with Crippen LogP contribution in [0.5, 0.6) is 0 Å². The molecule has 1 unspecified atom stereocenters. The van der Waals surface area contributed by atoms with E-state index in [1.165, 1.54) is 0 Å². The average molecular weight is 304 g/mol. The first-order valence-electron chi connectivity index (χ1n) is 6.83. The Morgan fingerprint density at radius 1 is 1.05 bits per heavy atom. The van der Waals surface area contributed by atoms with Crippen LogP contribution >= 0.6 is 0 Å². The van der Waals surface area contributed by atoms with Gasteiger partial charge in [-0.2, -0.15) is 0 Å². The number of nitrogen functional groups attached to an aromatic ring is 1. The highest BCUT2D eigenvalue weighted by molar-refractivity contribution is 7.88. The third kappa shape index (κ3) is 4.58. The molecule has 4 nitrogen and oxygen atoms in total. The lowest BCUT2D eigenvalue weighted by molar-refractivity contribution is 0.574. The zero-order valence-corrected chi connectivity index (χ0v) is 12.8. The minimum atomic E-state index is -3.39. The van der Waals surface area contributed by atoms with E-state index in [1.54, 1.807) is 24.3 Å². The fourth-order valence-corrected chi connectivity index (χ4v) is 3.35. The van der Waals surface area contributed by atoms with Crippen molar-refractivity contribution in [2.45, 2.75) is 18.6 Å². The molecule has 0 aliphatic carbocycles. The predicted molar refractivity (Wildman–Crippen MR) is 86.3 cm³/mol. The second-order valence-electron chi connectivity index (χ2n) is 5.12. The summed E-state index contributed by atoms with van der Waals surface area (Å²) in [7, 11) is -3.39. The van der Waals surface area contributed by atoms with Crippen LogP contribution in [0.2, 0.25) is 0 Å². The molecule has 5 heteroatoms. The van der Waals surface area contributed by atoms with Crippen LogP contribution in [0.1, 0.15) is 24.0 Å². The van der Waals surface area contributed by atoms with E-state index in [2.05, 4.69) is 4.72 Å². The monoisotopic (exact) mass is 304 g/mol. The summed E-state index contributed by atoms with van der Waals surface area (Å²) in [6, 6.07) is 16.8. The number of nitrogens with two attached hydrogens (primary N) is 1. The van der Waals surface area contributed by atoms with Gasteiger partial charge in [0.25, 0.3) is 0 Å². The van der Waals surface area contributed by atoms with Gasteiger partial charge in [0.05, 0.1) is 5.75 Å². The summed E-state index contributed by atoms with van der Waals surface area (Å²) in [6.45, 7) is 2.37. The third-order valence-electron chi connectivity index (χ3n) is 3.38. The zero-order chi connectivity index (χ0) is 15.3. The van der Waals surface area contributed by atoms with Gasteiger partial charge in [-0.25, -0.2) is 13.1 Å². The van der Waals surface area contributed by atoms with E-state index in [1.807, 2.05) is 37.3 Å². The highest BCUT2D eigenvalue weighted by Crippen LogP contribution is 2.16. The van der Waals surface area contributed by atoms with Gasteiger partial charge >= 0.3 is 0 Å². The Bertz CT molecular complexity index is 684. The second-order valence-corrected chi connectivity index (χ2v) is 6.92. The fourth-order valence-electron chi connectivity index (χ4n) is 2.07. The minimum absolute atomic E-state index is 0.0960. The maximum absolute atomic E-state index is 12.1. The van der Waals surface area contributed by atoms with Crippen molar-refractivity contribution >= 4 is 15.7 Å². The second kappa shape index (κ2) is 6.74. The van der Waals surface area contributed by atoms with Crippen molar-refractivity contribution in [3.8, 4) is 0 Å². The first-order chi connectivity index (χ1) is 9.98. The van der Waals surface area contributed by atoms with Crippen LogP contribution in [-0.2, 0) is 15.8 Å². The molecule has 0 amide bonds. The predicted octanol–water partition coefficient (Wildman–Crippen LogP) is 2.49. The van der Waals surface area contributed by atoms with Crippen LogP contribution in [0.4, 0.5) is 5.69 Å². The smallest absolute Gasteiger partial charge is 0.215 e. The molecule has 0 aliphatic heterocycles. The molecular weight excluding hydrogens is 284 g/mol. The Balaban J connectivity index is 1.97. The number of para-hydroxylation sites is 1. The average Bonchev–Trinajstić information content (AvgIpc) is 2.48. The van der Waals surface area contributed by atoms with E-state index in [0.29, 0.717) is 17.8 Å². The first kappa shape index (κ1) is 15.5. The number of benzene rings is 2. The molecule has 21 heavy (non-hydrogen) atoms. The summed E-state index contributed by atoms with van der Waals surface area (Å²) >= 11 is 0. The van der Waals surface area contributed by atoms with Gasteiger partial charge in [-0.3, -0.25) is 0 Å². The summed E-state index contributed by atoms with van der Waals surface area (Å²) in [5.41, 5.74) is 8.01. The van der Waals surface area contributed by atoms with Gasteiger partial charge in [0.1, 0.15) is 0 Å². The third-order valence-corrected chi connectivity index (χ3v) is 4.68. The van der Waals surface area contributed by atoms with Crippen LogP contribution in [0.25, 0.3) is 0 Å². The van der Waals surface area contributed by atoms with E-state index in [4.69, 9.17) is 5.73 Å². The number of hydrogen-bond donors (Lipinski definition) is 2. The summed E-state index contributed by atoms with van der Waals surface area (Å²) in [5.74, 6) is 0.0235. The molecule has 0 aliphatic rings. The van der Waals surface area contributed by atoms with Crippen LogP contribution in [-0.4, -0.2) is 15.0 Å². The largest absolute Gasteiger partial charge is 0.398 e. The zero-order valence-electron chi connectivity index (χ0n) is 12.0. The van der Waals surface area contributed by atoms with Gasteiger partial charge in [-0.15, -0.1) is 0 Å². The normalized spacial score (nSPS) is 13.0. The van der Waals surface area contributed by atoms with Gasteiger partial charge < -0.3 is 5.73 Å². The number of rotatable bonds is 6. The molecule has 1 atom stereocenters. The standard InChI is InChI=1S/C16H20N2O2S/c1-13(14-7-3-2-4-8-14)11-18-21(19,20)12-15-9-5-6-10-16(15)17/h2-10,13,18H,11-12,17H2,1H3. The summed E-state index contributed by atoms with van der Waals surface area (Å²) in [5, 5.41) is 0. The van der Waals surface area contributed by atoms with Crippen molar-refractivity contribution in [2.75, 3.05) is 12.3 Å². The highest BCUT2D eigenvalue weighted by atomic mass is 32.2. The van der Waals surface area contributed by atoms with Gasteiger partial charge in [0, 0.05) is 12.2 Å². The minimum Gasteiger partial charge on any atom is -0.398 e. The lowest BCUT2D eigenvalue weighted by Crippen LogP contribution is -2.29. The molecule has 0 saturated heterocycles. The molecule has 0 radical (unpaired) electrons. The first-order valence-corrected chi connectivity index (χ1v) is 8.49. The highest BCUT2D eigenvalue weighted by Gasteiger charge is 2.15. The molecule has 0 aromatic heterocycles.